The molecule has 17 heavy (non-hydrogen) atoms. The van der Waals surface area contributed by atoms with E-state index in [2.05, 4.69) is 0 Å². The highest BCUT2D eigenvalue weighted by atomic mass is 35.5. The molecule has 0 saturated carbocycles. The van der Waals surface area contributed by atoms with Gasteiger partial charge in [-0.1, -0.05) is 25.4 Å². The topological polar surface area (TPSA) is 17.1 Å². The maximum atomic E-state index is 13.2. The van der Waals surface area contributed by atoms with Gasteiger partial charge >= 0.3 is 0 Å². The van der Waals surface area contributed by atoms with Crippen LogP contribution in [0.25, 0.3) is 5.57 Å². The van der Waals surface area contributed by atoms with Crippen molar-refractivity contribution in [3.05, 3.63) is 40.7 Å². The molecule has 0 aromatic heterocycles. The maximum absolute atomic E-state index is 13.2. The van der Waals surface area contributed by atoms with E-state index in [9.17, 15) is 9.18 Å². The monoisotopic (exact) mass is 252 g/mol. The molecule has 0 spiro atoms. The molecule has 2 rings (SSSR count). The molecular weight excluding hydrogens is 239 g/mol. The van der Waals surface area contributed by atoms with Crippen LogP contribution < -0.4 is 0 Å². The van der Waals surface area contributed by atoms with Crippen molar-refractivity contribution in [2.75, 3.05) is 0 Å². The summed E-state index contributed by atoms with van der Waals surface area (Å²) < 4.78 is 13.2. The summed E-state index contributed by atoms with van der Waals surface area (Å²) in [6, 6.07) is 4.24. The molecule has 0 aliphatic heterocycles. The largest absolute Gasteiger partial charge is 0.295 e. The summed E-state index contributed by atoms with van der Waals surface area (Å²) in [6.07, 6.45) is 2.86. The number of hydrogen-bond donors (Lipinski definition) is 0. The first-order chi connectivity index (χ1) is 7.87. The summed E-state index contributed by atoms with van der Waals surface area (Å²) in [4.78, 5) is 11.6. The van der Waals surface area contributed by atoms with Crippen molar-refractivity contribution >= 4 is 23.0 Å². The zero-order chi connectivity index (χ0) is 12.6. The smallest absolute Gasteiger partial charge is 0.156 e. The van der Waals surface area contributed by atoms with Gasteiger partial charge in [0.15, 0.2) is 5.78 Å². The Kier molecular flexibility index (Phi) is 3.09. The second kappa shape index (κ2) is 4.26. The van der Waals surface area contributed by atoms with E-state index < -0.39 is 0 Å². The predicted octanol–water partition coefficient (Wildman–Crippen LogP) is 4.25. The molecule has 0 amide bonds. The van der Waals surface area contributed by atoms with Gasteiger partial charge in [0.1, 0.15) is 5.82 Å². The van der Waals surface area contributed by atoms with Gasteiger partial charge in [0.2, 0.25) is 0 Å². The van der Waals surface area contributed by atoms with Gasteiger partial charge in [-0.15, -0.1) is 0 Å². The summed E-state index contributed by atoms with van der Waals surface area (Å²) >= 11 is 6.05. The quantitative estimate of drug-likeness (QED) is 0.730. The Morgan fingerprint density at radius 2 is 2.00 bits per heavy atom. The molecule has 0 heterocycles. The second-order valence-electron chi connectivity index (χ2n) is 5.28. The molecule has 90 valence electrons. The van der Waals surface area contributed by atoms with E-state index >= 15 is 0 Å². The highest BCUT2D eigenvalue weighted by Gasteiger charge is 2.28. The lowest BCUT2D eigenvalue weighted by Crippen LogP contribution is -2.21. The summed E-state index contributed by atoms with van der Waals surface area (Å²) in [5.74, 6) is -0.252. The van der Waals surface area contributed by atoms with E-state index in [0.717, 1.165) is 12.0 Å². The van der Waals surface area contributed by atoms with E-state index in [1.54, 1.807) is 6.08 Å². The van der Waals surface area contributed by atoms with E-state index in [4.69, 9.17) is 11.6 Å². The first-order valence-corrected chi connectivity index (χ1v) is 5.94. The molecule has 0 atom stereocenters. The Morgan fingerprint density at radius 1 is 1.29 bits per heavy atom. The van der Waals surface area contributed by atoms with Gasteiger partial charge in [-0.25, -0.2) is 4.39 Å². The third-order valence-corrected chi connectivity index (χ3v) is 3.26. The minimum Gasteiger partial charge on any atom is -0.295 e. The van der Waals surface area contributed by atoms with Crippen molar-refractivity contribution in [1.29, 1.82) is 0 Å². The standard InChI is InChI=1S/C14H14ClFO/c1-14(2)7-9(5-11(17)8-14)12-6-10(16)3-4-13(12)15/h3-6H,7-8H2,1-2H3. The van der Waals surface area contributed by atoms with Crippen molar-refractivity contribution in [2.24, 2.45) is 5.41 Å². The average molecular weight is 253 g/mol. The van der Waals surface area contributed by atoms with Crippen LogP contribution in [0.5, 0.6) is 0 Å². The van der Waals surface area contributed by atoms with E-state index in [1.807, 2.05) is 13.8 Å². The number of allylic oxidation sites excluding steroid dienone is 2. The van der Waals surface area contributed by atoms with Crippen LogP contribution >= 0.6 is 11.6 Å². The van der Waals surface area contributed by atoms with Crippen molar-refractivity contribution in [2.45, 2.75) is 26.7 Å². The van der Waals surface area contributed by atoms with Gasteiger partial charge in [0, 0.05) is 11.4 Å². The number of halogens is 2. The lowest BCUT2D eigenvalue weighted by atomic mass is 9.75. The van der Waals surface area contributed by atoms with Gasteiger partial charge in [-0.2, -0.15) is 0 Å². The van der Waals surface area contributed by atoms with Gasteiger partial charge in [0.05, 0.1) is 0 Å². The predicted molar refractivity (Wildman–Crippen MR) is 67.4 cm³/mol. The Morgan fingerprint density at radius 3 is 2.65 bits per heavy atom. The zero-order valence-corrected chi connectivity index (χ0v) is 10.6. The fourth-order valence-electron chi connectivity index (χ4n) is 2.26. The number of carbonyl (C=O) groups excluding carboxylic acids is 1. The molecule has 1 aromatic carbocycles. The van der Waals surface area contributed by atoms with Crippen LogP contribution in [0.15, 0.2) is 24.3 Å². The lowest BCUT2D eigenvalue weighted by Gasteiger charge is -2.29. The molecule has 1 aromatic rings. The zero-order valence-electron chi connectivity index (χ0n) is 9.89. The summed E-state index contributed by atoms with van der Waals surface area (Å²) in [5.41, 5.74) is 1.38. The van der Waals surface area contributed by atoms with Crippen LogP contribution in [0, 0.1) is 11.2 Å². The van der Waals surface area contributed by atoms with Crippen LogP contribution in [0.4, 0.5) is 4.39 Å². The fourth-order valence-corrected chi connectivity index (χ4v) is 2.50. The third kappa shape index (κ3) is 2.75. The number of rotatable bonds is 1. The average Bonchev–Trinajstić information content (AvgIpc) is 2.18. The van der Waals surface area contributed by atoms with Crippen LogP contribution in [-0.4, -0.2) is 5.78 Å². The number of carbonyl (C=O) groups is 1. The molecule has 1 nitrogen and oxygen atoms in total. The van der Waals surface area contributed by atoms with Gasteiger partial charge in [-0.3, -0.25) is 4.79 Å². The molecule has 0 N–H and O–H groups in total. The summed E-state index contributed by atoms with van der Waals surface area (Å²) in [6.45, 7) is 4.07. The van der Waals surface area contributed by atoms with Crippen LogP contribution in [0.3, 0.4) is 0 Å². The molecule has 3 heteroatoms. The molecular formula is C14H14ClFO. The Bertz CT molecular complexity index is 503. The second-order valence-corrected chi connectivity index (χ2v) is 5.69. The van der Waals surface area contributed by atoms with Crippen molar-refractivity contribution < 1.29 is 9.18 Å². The van der Waals surface area contributed by atoms with E-state index in [-0.39, 0.29) is 17.0 Å². The molecule has 1 aliphatic rings. The molecule has 0 unspecified atom stereocenters. The Balaban J connectivity index is 2.46. The van der Waals surface area contributed by atoms with Gasteiger partial charge in [0.25, 0.3) is 0 Å². The fraction of sp³-hybridized carbons (Fsp3) is 0.357. The minimum absolute atomic E-state index is 0.0802. The summed E-state index contributed by atoms with van der Waals surface area (Å²) in [5, 5.41) is 0.489. The lowest BCUT2D eigenvalue weighted by molar-refractivity contribution is -0.116. The number of benzene rings is 1. The Hall–Kier alpha value is -1.15. The van der Waals surface area contributed by atoms with Crippen molar-refractivity contribution in [3.8, 4) is 0 Å². The SMILES string of the molecule is CC1(C)CC(=O)C=C(c2cc(F)ccc2Cl)C1. The van der Waals surface area contributed by atoms with Crippen LogP contribution in [0.1, 0.15) is 32.3 Å². The number of hydrogen-bond acceptors (Lipinski definition) is 1. The molecule has 0 radical (unpaired) electrons. The van der Waals surface area contributed by atoms with E-state index in [0.29, 0.717) is 17.0 Å². The highest BCUT2D eigenvalue weighted by molar-refractivity contribution is 6.32. The van der Waals surface area contributed by atoms with Gasteiger partial charge in [-0.05, 0) is 47.2 Å². The normalized spacial score (nSPS) is 19.1. The molecule has 0 bridgehead atoms. The van der Waals surface area contributed by atoms with Crippen molar-refractivity contribution in [3.63, 3.8) is 0 Å². The minimum atomic E-state index is -0.332. The first-order valence-electron chi connectivity index (χ1n) is 5.56. The first kappa shape index (κ1) is 12.3. The summed E-state index contributed by atoms with van der Waals surface area (Å²) in [7, 11) is 0. The molecule has 0 fully saturated rings. The molecule has 1 aliphatic carbocycles. The van der Waals surface area contributed by atoms with E-state index in [1.165, 1.54) is 18.2 Å². The highest BCUT2D eigenvalue weighted by Crippen LogP contribution is 2.40. The number of ketones is 1. The van der Waals surface area contributed by atoms with Crippen LogP contribution in [-0.2, 0) is 4.79 Å². The van der Waals surface area contributed by atoms with Crippen LogP contribution in [0.2, 0.25) is 5.02 Å². The maximum Gasteiger partial charge on any atom is 0.156 e. The molecule has 0 saturated heterocycles. The third-order valence-electron chi connectivity index (χ3n) is 2.93. The Labute approximate surface area is 105 Å². The van der Waals surface area contributed by atoms with Crippen molar-refractivity contribution in [1.82, 2.24) is 0 Å². The van der Waals surface area contributed by atoms with Gasteiger partial charge < -0.3 is 0 Å².